The van der Waals surface area contributed by atoms with Crippen molar-refractivity contribution in [2.24, 2.45) is 0 Å². The van der Waals surface area contributed by atoms with E-state index in [1.165, 1.54) is 122 Å². The number of hydrogen-bond acceptors (Lipinski definition) is 6. The summed E-state index contributed by atoms with van der Waals surface area (Å²) in [7, 11) is -5.22. The molecule has 55 heavy (non-hydrogen) atoms. The van der Waals surface area contributed by atoms with Crippen molar-refractivity contribution in [3.05, 3.63) is 11.6 Å². The zero-order valence-electron chi connectivity index (χ0n) is 38.4. The number of cyclic esters (lactones) is 1. The van der Waals surface area contributed by atoms with Gasteiger partial charge in [0.25, 0.3) is 0 Å². The summed E-state index contributed by atoms with van der Waals surface area (Å²) in [6, 6.07) is 0. The molecule has 1 fully saturated rings. The Morgan fingerprint density at radius 2 is 1.00 bits per heavy atom. The van der Waals surface area contributed by atoms with E-state index in [-0.39, 0.29) is 42.6 Å². The molecule has 2 aliphatic heterocycles. The standard InChI is InChI=1S/C46H92O6Si3/c1-12-13-14-15-16-17-22-25-28-31-34-44(51-54(6,7)8)42-35-36-43(49-42)45(52-55(9,10)11)38-41(50-53(3,4)5)33-30-27-24-21-19-18-20-23-26-29-32-40-37-39(2)48-46(40)47/h37,39,41-45H,12-36,38H2,1-11H3/t39-,41-,42+,43+,44-,45+/m0/s1. The smallest absolute Gasteiger partial charge is 0.334 e. The Balaban J connectivity index is 1.80. The maximum absolute atomic E-state index is 11.8. The van der Waals surface area contributed by atoms with Crippen molar-refractivity contribution in [2.45, 2.75) is 276 Å². The van der Waals surface area contributed by atoms with E-state index in [0.29, 0.717) is 0 Å². The third-order valence-electron chi connectivity index (χ3n) is 11.0. The van der Waals surface area contributed by atoms with Gasteiger partial charge in [-0.2, -0.15) is 0 Å². The molecular formula is C46H92O6Si3. The summed E-state index contributed by atoms with van der Waals surface area (Å²) >= 11 is 0. The summed E-state index contributed by atoms with van der Waals surface area (Å²) in [5.41, 5.74) is 0.885. The maximum atomic E-state index is 11.8. The minimum Gasteiger partial charge on any atom is -0.455 e. The van der Waals surface area contributed by atoms with Gasteiger partial charge < -0.3 is 22.8 Å². The Morgan fingerprint density at radius 3 is 1.45 bits per heavy atom. The number of rotatable bonds is 34. The largest absolute Gasteiger partial charge is 0.455 e. The number of carbonyl (C=O) groups is 1. The average molecular weight is 825 g/mol. The molecule has 0 aromatic heterocycles. The molecule has 324 valence electrons. The van der Waals surface area contributed by atoms with Crippen LogP contribution >= 0.6 is 0 Å². The fourth-order valence-electron chi connectivity index (χ4n) is 8.47. The summed E-state index contributed by atoms with van der Waals surface area (Å²) in [6.45, 7) is 25.2. The molecule has 0 saturated carbocycles. The third-order valence-corrected chi connectivity index (χ3v) is 14.1. The highest BCUT2D eigenvalue weighted by molar-refractivity contribution is 6.70. The predicted molar refractivity (Wildman–Crippen MR) is 243 cm³/mol. The first-order valence-corrected chi connectivity index (χ1v) is 33.8. The number of carbonyl (C=O) groups excluding carboxylic acids is 1. The van der Waals surface area contributed by atoms with Crippen LogP contribution in [-0.4, -0.2) is 67.5 Å². The lowest BCUT2D eigenvalue weighted by Gasteiger charge is -2.36. The second kappa shape index (κ2) is 27.5. The Morgan fingerprint density at radius 1 is 0.582 bits per heavy atom. The molecule has 6 atom stereocenters. The van der Waals surface area contributed by atoms with Gasteiger partial charge in [0.15, 0.2) is 25.0 Å². The Labute approximate surface area is 345 Å². The fraction of sp³-hybridized carbons (Fsp3) is 0.935. The molecule has 0 aromatic rings. The fourth-order valence-corrected chi connectivity index (χ4v) is 12.0. The highest BCUT2D eigenvalue weighted by Crippen LogP contribution is 2.34. The third kappa shape index (κ3) is 25.7. The van der Waals surface area contributed by atoms with Crippen molar-refractivity contribution in [1.29, 1.82) is 0 Å². The van der Waals surface area contributed by atoms with Gasteiger partial charge >= 0.3 is 5.97 Å². The van der Waals surface area contributed by atoms with Crippen molar-refractivity contribution < 1.29 is 27.5 Å². The van der Waals surface area contributed by atoms with Crippen LogP contribution in [0.15, 0.2) is 11.6 Å². The van der Waals surface area contributed by atoms with Crippen LogP contribution in [0.2, 0.25) is 58.9 Å². The Hall–Kier alpha value is -0.299. The molecule has 0 amide bonds. The first kappa shape index (κ1) is 50.8. The molecular weight excluding hydrogens is 733 g/mol. The first-order chi connectivity index (χ1) is 26.0. The van der Waals surface area contributed by atoms with Crippen molar-refractivity contribution >= 4 is 30.9 Å². The minimum absolute atomic E-state index is 0.0425. The quantitative estimate of drug-likeness (QED) is 0.0366. The molecule has 0 bridgehead atoms. The lowest BCUT2D eigenvalue weighted by atomic mass is 9.98. The van der Waals surface area contributed by atoms with E-state index in [2.05, 4.69) is 65.8 Å². The van der Waals surface area contributed by atoms with Gasteiger partial charge in [0.05, 0.1) is 24.4 Å². The summed E-state index contributed by atoms with van der Waals surface area (Å²) in [5, 5.41) is 0. The summed E-state index contributed by atoms with van der Waals surface area (Å²) < 4.78 is 33.0. The molecule has 0 N–H and O–H groups in total. The number of ether oxygens (including phenoxy) is 2. The van der Waals surface area contributed by atoms with E-state index in [4.69, 9.17) is 22.8 Å². The van der Waals surface area contributed by atoms with Gasteiger partial charge in [0.1, 0.15) is 6.10 Å². The highest BCUT2D eigenvalue weighted by atomic mass is 28.4. The normalized spacial score (nSPS) is 21.2. The molecule has 0 aliphatic carbocycles. The van der Waals surface area contributed by atoms with Gasteiger partial charge in [-0.3, -0.25) is 0 Å². The zero-order chi connectivity index (χ0) is 40.7. The van der Waals surface area contributed by atoms with E-state index >= 15 is 0 Å². The highest BCUT2D eigenvalue weighted by Gasteiger charge is 2.40. The van der Waals surface area contributed by atoms with E-state index in [1.54, 1.807) is 0 Å². The summed E-state index contributed by atoms with van der Waals surface area (Å²) in [5.74, 6) is -0.104. The van der Waals surface area contributed by atoms with Gasteiger partial charge in [-0.1, -0.05) is 129 Å². The van der Waals surface area contributed by atoms with Gasteiger partial charge in [-0.05, 0) is 117 Å². The SMILES string of the molecule is CCCCCCCCCCCC[C@H](O[Si](C)(C)C)[C@H]1CC[C@H]([C@@H](C[C@H](CCCCCCCCCCCCC2=C[C@H](C)OC2=O)O[Si](C)(C)C)O[Si](C)(C)C)O1. The zero-order valence-corrected chi connectivity index (χ0v) is 41.4. The Bertz CT molecular complexity index is 1030. The van der Waals surface area contributed by atoms with Crippen molar-refractivity contribution in [2.75, 3.05) is 0 Å². The van der Waals surface area contributed by atoms with Crippen LogP contribution in [0.25, 0.3) is 0 Å². The molecule has 0 unspecified atom stereocenters. The first-order valence-electron chi connectivity index (χ1n) is 23.6. The molecule has 0 aromatic carbocycles. The number of esters is 1. The van der Waals surface area contributed by atoms with Crippen molar-refractivity contribution in [3.8, 4) is 0 Å². The summed E-state index contributed by atoms with van der Waals surface area (Å²) in [4.78, 5) is 11.8. The molecule has 1 saturated heterocycles. The molecule has 2 heterocycles. The second-order valence-electron chi connectivity index (χ2n) is 20.3. The van der Waals surface area contributed by atoms with Gasteiger partial charge in [-0.25, -0.2) is 4.79 Å². The lowest BCUT2D eigenvalue weighted by molar-refractivity contribution is -0.139. The molecule has 2 rings (SSSR count). The van der Waals surface area contributed by atoms with E-state index in [1.807, 2.05) is 13.0 Å². The van der Waals surface area contributed by atoms with E-state index in [9.17, 15) is 4.79 Å². The molecule has 9 heteroatoms. The molecule has 0 spiro atoms. The van der Waals surface area contributed by atoms with Crippen LogP contribution in [0, 0.1) is 0 Å². The van der Waals surface area contributed by atoms with Crippen LogP contribution in [-0.2, 0) is 27.5 Å². The number of unbranched alkanes of at least 4 members (excludes halogenated alkanes) is 18. The predicted octanol–water partition coefficient (Wildman–Crippen LogP) is 14.4. The van der Waals surface area contributed by atoms with Crippen molar-refractivity contribution in [3.63, 3.8) is 0 Å². The Kier molecular flexibility index (Phi) is 25.4. The molecule has 6 nitrogen and oxygen atoms in total. The summed E-state index contributed by atoms with van der Waals surface area (Å²) in [6.07, 6.45) is 35.3. The van der Waals surface area contributed by atoms with Crippen LogP contribution in [0.4, 0.5) is 0 Å². The number of hydrogen-bond donors (Lipinski definition) is 0. The van der Waals surface area contributed by atoms with Gasteiger partial charge in [0.2, 0.25) is 0 Å². The van der Waals surface area contributed by atoms with E-state index in [0.717, 1.165) is 50.5 Å². The average Bonchev–Trinajstić information content (AvgIpc) is 3.69. The molecule has 0 radical (unpaired) electrons. The van der Waals surface area contributed by atoms with Crippen LogP contribution < -0.4 is 0 Å². The van der Waals surface area contributed by atoms with Crippen LogP contribution in [0.1, 0.15) is 181 Å². The van der Waals surface area contributed by atoms with E-state index < -0.39 is 25.0 Å². The van der Waals surface area contributed by atoms with Crippen molar-refractivity contribution in [1.82, 2.24) is 0 Å². The van der Waals surface area contributed by atoms with Gasteiger partial charge in [0, 0.05) is 11.7 Å². The lowest BCUT2D eigenvalue weighted by Crippen LogP contribution is -2.44. The topological polar surface area (TPSA) is 63.2 Å². The monoisotopic (exact) mass is 825 g/mol. The van der Waals surface area contributed by atoms with Crippen LogP contribution in [0.3, 0.4) is 0 Å². The van der Waals surface area contributed by atoms with Crippen LogP contribution in [0.5, 0.6) is 0 Å². The molecule has 2 aliphatic rings. The van der Waals surface area contributed by atoms with Gasteiger partial charge in [-0.15, -0.1) is 0 Å². The minimum atomic E-state index is -1.80. The second-order valence-corrected chi connectivity index (χ2v) is 33.6. The maximum Gasteiger partial charge on any atom is 0.334 e.